The number of carbonyl (C=O) groups is 2. The fourth-order valence-electron chi connectivity index (χ4n) is 2.45. The fourth-order valence-corrected chi connectivity index (χ4v) is 2.75. The van der Waals surface area contributed by atoms with Gasteiger partial charge in [-0.1, -0.05) is 41.4 Å². The number of nitrogens with zero attached hydrogens (tertiary/aromatic N) is 1. The molecule has 0 fully saturated rings. The number of rotatable bonds is 6. The smallest absolute Gasteiger partial charge is 0.240 e. The van der Waals surface area contributed by atoms with Crippen LogP contribution in [0.15, 0.2) is 42.5 Å². The lowest BCUT2D eigenvalue weighted by molar-refractivity contribution is -0.123. The van der Waals surface area contributed by atoms with Gasteiger partial charge in [0.05, 0.1) is 0 Å². The molecule has 0 saturated carbocycles. The molecule has 0 bridgehead atoms. The minimum absolute atomic E-state index is 0.0445. The van der Waals surface area contributed by atoms with Crippen molar-refractivity contribution >= 4 is 40.7 Å². The number of halogens is 2. The SMILES string of the molecule is CC(=O)N(CC(=O)NCCc1ccc(Cl)cc1)c1cccc(Cl)c1C. The molecule has 25 heavy (non-hydrogen) atoms. The monoisotopic (exact) mass is 378 g/mol. The molecule has 0 radical (unpaired) electrons. The zero-order valence-electron chi connectivity index (χ0n) is 14.2. The number of benzene rings is 2. The number of amides is 2. The predicted octanol–water partition coefficient (Wildman–Crippen LogP) is 4.01. The van der Waals surface area contributed by atoms with Crippen molar-refractivity contribution in [2.24, 2.45) is 0 Å². The summed E-state index contributed by atoms with van der Waals surface area (Å²) in [5, 5.41) is 4.08. The molecule has 2 aromatic carbocycles. The molecule has 0 aromatic heterocycles. The van der Waals surface area contributed by atoms with E-state index in [0.29, 0.717) is 28.7 Å². The Morgan fingerprint density at radius 2 is 1.76 bits per heavy atom. The van der Waals surface area contributed by atoms with Crippen LogP contribution in [0.1, 0.15) is 18.1 Å². The summed E-state index contributed by atoms with van der Waals surface area (Å²) in [6, 6.07) is 12.8. The summed E-state index contributed by atoms with van der Waals surface area (Å²) >= 11 is 12.0. The van der Waals surface area contributed by atoms with Gasteiger partial charge in [-0.3, -0.25) is 9.59 Å². The summed E-state index contributed by atoms with van der Waals surface area (Å²) in [6.07, 6.45) is 0.694. The third-order valence-electron chi connectivity index (χ3n) is 3.86. The van der Waals surface area contributed by atoms with Gasteiger partial charge in [0.15, 0.2) is 0 Å². The number of hydrogen-bond acceptors (Lipinski definition) is 2. The molecular formula is C19H20Cl2N2O2. The van der Waals surface area contributed by atoms with Crippen LogP contribution in [0.25, 0.3) is 0 Å². The van der Waals surface area contributed by atoms with E-state index < -0.39 is 0 Å². The van der Waals surface area contributed by atoms with Crippen molar-refractivity contribution < 1.29 is 9.59 Å². The van der Waals surface area contributed by atoms with E-state index in [-0.39, 0.29) is 18.4 Å². The predicted molar refractivity (Wildman–Crippen MR) is 102 cm³/mol. The lowest BCUT2D eigenvalue weighted by atomic mass is 10.1. The van der Waals surface area contributed by atoms with Gasteiger partial charge in [-0.2, -0.15) is 0 Å². The topological polar surface area (TPSA) is 49.4 Å². The molecule has 0 saturated heterocycles. The molecule has 0 unspecified atom stereocenters. The Morgan fingerprint density at radius 3 is 2.40 bits per heavy atom. The van der Waals surface area contributed by atoms with Gasteiger partial charge in [0.2, 0.25) is 11.8 Å². The first-order chi connectivity index (χ1) is 11.9. The zero-order chi connectivity index (χ0) is 18.4. The Labute approximate surface area is 157 Å². The van der Waals surface area contributed by atoms with E-state index >= 15 is 0 Å². The van der Waals surface area contributed by atoms with Crippen molar-refractivity contribution in [1.82, 2.24) is 5.32 Å². The number of hydrogen-bond donors (Lipinski definition) is 1. The van der Waals surface area contributed by atoms with Gasteiger partial charge in [-0.05, 0) is 48.7 Å². The third-order valence-corrected chi connectivity index (χ3v) is 4.52. The molecule has 1 N–H and O–H groups in total. The maximum Gasteiger partial charge on any atom is 0.240 e. The molecule has 4 nitrogen and oxygen atoms in total. The van der Waals surface area contributed by atoms with Gasteiger partial charge < -0.3 is 10.2 Å². The average Bonchev–Trinajstić information content (AvgIpc) is 2.57. The molecule has 0 aliphatic heterocycles. The lowest BCUT2D eigenvalue weighted by Crippen LogP contribution is -2.40. The second-order valence-corrected chi connectivity index (χ2v) is 6.56. The molecule has 2 amide bonds. The summed E-state index contributed by atoms with van der Waals surface area (Å²) in [5.74, 6) is -0.429. The summed E-state index contributed by atoms with van der Waals surface area (Å²) in [5.41, 5.74) is 2.50. The van der Waals surface area contributed by atoms with Crippen molar-refractivity contribution in [3.05, 3.63) is 63.6 Å². The summed E-state index contributed by atoms with van der Waals surface area (Å²) in [7, 11) is 0. The highest BCUT2D eigenvalue weighted by Gasteiger charge is 2.18. The highest BCUT2D eigenvalue weighted by molar-refractivity contribution is 6.31. The Kier molecular flexibility index (Phi) is 6.85. The number of anilines is 1. The van der Waals surface area contributed by atoms with Crippen molar-refractivity contribution in [3.63, 3.8) is 0 Å². The Balaban J connectivity index is 1.95. The van der Waals surface area contributed by atoms with Crippen molar-refractivity contribution in [2.75, 3.05) is 18.0 Å². The second-order valence-electron chi connectivity index (χ2n) is 5.72. The van der Waals surface area contributed by atoms with Crippen molar-refractivity contribution in [3.8, 4) is 0 Å². The van der Waals surface area contributed by atoms with Gasteiger partial charge >= 0.3 is 0 Å². The van der Waals surface area contributed by atoms with Crippen LogP contribution in [-0.2, 0) is 16.0 Å². The summed E-state index contributed by atoms with van der Waals surface area (Å²) < 4.78 is 0. The molecule has 0 aliphatic rings. The van der Waals surface area contributed by atoms with E-state index in [4.69, 9.17) is 23.2 Å². The van der Waals surface area contributed by atoms with E-state index in [1.54, 1.807) is 18.2 Å². The fraction of sp³-hybridized carbons (Fsp3) is 0.263. The normalized spacial score (nSPS) is 10.4. The largest absolute Gasteiger partial charge is 0.354 e. The molecule has 132 valence electrons. The standard InChI is InChI=1S/C19H20Cl2N2O2/c1-13-17(21)4-3-5-18(13)23(14(2)24)12-19(25)22-11-10-15-6-8-16(20)9-7-15/h3-9H,10-12H2,1-2H3,(H,22,25). The second kappa shape index (κ2) is 8.88. The van der Waals surface area contributed by atoms with Crippen LogP contribution in [0.3, 0.4) is 0 Å². The lowest BCUT2D eigenvalue weighted by Gasteiger charge is -2.23. The molecule has 6 heteroatoms. The van der Waals surface area contributed by atoms with Gasteiger partial charge in [0.25, 0.3) is 0 Å². The molecule has 2 aromatic rings. The van der Waals surface area contributed by atoms with Crippen molar-refractivity contribution in [1.29, 1.82) is 0 Å². The van der Waals surface area contributed by atoms with Gasteiger partial charge in [-0.15, -0.1) is 0 Å². The highest BCUT2D eigenvalue weighted by Crippen LogP contribution is 2.26. The van der Waals surface area contributed by atoms with Gasteiger partial charge in [-0.25, -0.2) is 0 Å². The van der Waals surface area contributed by atoms with Crippen molar-refractivity contribution in [2.45, 2.75) is 20.3 Å². The van der Waals surface area contributed by atoms with Gasteiger partial charge in [0.1, 0.15) is 6.54 Å². The molecule has 2 rings (SSSR count). The summed E-state index contributed by atoms with van der Waals surface area (Å²) in [6.45, 7) is 3.70. The van der Waals surface area contributed by atoms with E-state index in [9.17, 15) is 9.59 Å². The molecule has 0 aliphatic carbocycles. The van der Waals surface area contributed by atoms with Crippen LogP contribution < -0.4 is 10.2 Å². The Morgan fingerprint density at radius 1 is 1.08 bits per heavy atom. The van der Waals surface area contributed by atoms with Crippen LogP contribution in [0.2, 0.25) is 10.0 Å². The first kappa shape index (κ1) is 19.3. The molecule has 0 atom stereocenters. The number of nitrogens with one attached hydrogen (secondary N) is 1. The van der Waals surface area contributed by atoms with Crippen LogP contribution in [-0.4, -0.2) is 24.9 Å². The maximum absolute atomic E-state index is 12.2. The zero-order valence-corrected chi connectivity index (χ0v) is 15.7. The quantitative estimate of drug-likeness (QED) is 0.825. The van der Waals surface area contributed by atoms with E-state index in [1.165, 1.54) is 11.8 Å². The minimum atomic E-state index is -0.219. The molecular weight excluding hydrogens is 359 g/mol. The van der Waals surface area contributed by atoms with Crippen LogP contribution in [0.5, 0.6) is 0 Å². The Hall–Kier alpha value is -2.04. The molecule has 0 heterocycles. The third kappa shape index (κ3) is 5.48. The van der Waals surface area contributed by atoms with Crippen LogP contribution >= 0.6 is 23.2 Å². The summed E-state index contributed by atoms with van der Waals surface area (Å²) in [4.78, 5) is 25.6. The Bertz CT molecular complexity index is 761. The maximum atomic E-state index is 12.2. The average molecular weight is 379 g/mol. The van der Waals surface area contributed by atoms with Gasteiger partial charge in [0, 0.05) is 29.2 Å². The first-order valence-corrected chi connectivity index (χ1v) is 8.68. The van der Waals surface area contributed by atoms with Crippen LogP contribution in [0.4, 0.5) is 5.69 Å². The van der Waals surface area contributed by atoms with E-state index in [1.807, 2.05) is 31.2 Å². The van der Waals surface area contributed by atoms with E-state index in [2.05, 4.69) is 5.32 Å². The minimum Gasteiger partial charge on any atom is -0.354 e. The first-order valence-electron chi connectivity index (χ1n) is 7.93. The van der Waals surface area contributed by atoms with Crippen LogP contribution in [0, 0.1) is 6.92 Å². The number of carbonyl (C=O) groups excluding carboxylic acids is 2. The molecule has 0 spiro atoms. The van der Waals surface area contributed by atoms with E-state index in [0.717, 1.165) is 11.1 Å². The highest BCUT2D eigenvalue weighted by atomic mass is 35.5.